The third-order valence-corrected chi connectivity index (χ3v) is 6.38. The molecule has 3 unspecified atom stereocenters. The third kappa shape index (κ3) is 2.87. The molecule has 1 aliphatic heterocycles. The molecule has 27 heavy (non-hydrogen) atoms. The number of nitrogens with zero attached hydrogens (tertiary/aromatic N) is 1. The SMILES string of the molecule is O=S1(=O)c2ccccc2C(O)C1C(O)c1c(F)c(F)nc(C(F)(F)F)c1F. The van der Waals surface area contributed by atoms with Crippen molar-refractivity contribution >= 4 is 9.84 Å². The van der Waals surface area contributed by atoms with Crippen molar-refractivity contribution in [3.63, 3.8) is 0 Å². The third-order valence-electron chi connectivity index (χ3n) is 4.16. The number of alkyl halides is 3. The van der Waals surface area contributed by atoms with Gasteiger partial charge in [-0.3, -0.25) is 0 Å². The van der Waals surface area contributed by atoms with Crippen LogP contribution in [0.2, 0.25) is 0 Å². The minimum absolute atomic E-state index is 0.215. The molecule has 3 rings (SSSR count). The van der Waals surface area contributed by atoms with E-state index in [2.05, 4.69) is 4.98 Å². The number of hydrogen-bond donors (Lipinski definition) is 2. The molecular formula is C15H9F6NO4S. The largest absolute Gasteiger partial charge is 0.436 e. The Bertz CT molecular complexity index is 1020. The molecule has 2 heterocycles. The molecule has 1 aromatic carbocycles. The van der Waals surface area contributed by atoms with Crippen LogP contribution in [0.25, 0.3) is 0 Å². The van der Waals surface area contributed by atoms with Gasteiger partial charge in [0.05, 0.1) is 10.5 Å². The fourth-order valence-electron chi connectivity index (χ4n) is 2.96. The normalized spacial score (nSPS) is 22.5. The minimum atomic E-state index is -5.54. The zero-order chi connectivity index (χ0) is 20.3. The molecule has 0 saturated heterocycles. The molecule has 0 radical (unpaired) electrons. The molecular weight excluding hydrogens is 404 g/mol. The fraction of sp³-hybridized carbons (Fsp3) is 0.267. The zero-order valence-corrected chi connectivity index (χ0v) is 13.7. The van der Waals surface area contributed by atoms with Crippen molar-refractivity contribution in [2.24, 2.45) is 0 Å². The summed E-state index contributed by atoms with van der Waals surface area (Å²) in [7, 11) is -4.60. The van der Waals surface area contributed by atoms with E-state index in [0.29, 0.717) is 0 Å². The van der Waals surface area contributed by atoms with Crippen LogP contribution >= 0.6 is 0 Å². The van der Waals surface area contributed by atoms with Crippen LogP contribution in [0.3, 0.4) is 0 Å². The number of fused-ring (bicyclic) bond motifs is 1. The van der Waals surface area contributed by atoms with E-state index < -0.39 is 67.2 Å². The predicted molar refractivity (Wildman–Crippen MR) is 76.4 cm³/mol. The predicted octanol–water partition coefficient (Wildman–Crippen LogP) is 2.44. The second kappa shape index (κ2) is 6.17. The number of benzene rings is 1. The Labute approximate surface area is 147 Å². The molecule has 12 heteroatoms. The van der Waals surface area contributed by atoms with Gasteiger partial charge in [-0.05, 0) is 6.07 Å². The average molecular weight is 413 g/mol. The first-order valence-electron chi connectivity index (χ1n) is 7.19. The van der Waals surface area contributed by atoms with E-state index in [1.165, 1.54) is 12.1 Å². The van der Waals surface area contributed by atoms with Crippen LogP contribution in [-0.4, -0.2) is 28.9 Å². The highest BCUT2D eigenvalue weighted by Crippen LogP contribution is 2.46. The molecule has 0 amide bonds. The summed E-state index contributed by atoms with van der Waals surface area (Å²) in [6, 6.07) is 4.81. The van der Waals surface area contributed by atoms with E-state index in [1.54, 1.807) is 0 Å². The second-order valence-corrected chi connectivity index (χ2v) is 7.80. The van der Waals surface area contributed by atoms with Crippen LogP contribution in [0.15, 0.2) is 29.2 Å². The van der Waals surface area contributed by atoms with Gasteiger partial charge in [-0.1, -0.05) is 18.2 Å². The fourth-order valence-corrected chi connectivity index (χ4v) is 5.00. The molecule has 1 aliphatic rings. The molecule has 0 saturated carbocycles. The Balaban J connectivity index is 2.21. The van der Waals surface area contributed by atoms with Crippen molar-refractivity contribution in [1.82, 2.24) is 4.98 Å². The van der Waals surface area contributed by atoms with E-state index in [0.717, 1.165) is 12.1 Å². The van der Waals surface area contributed by atoms with Gasteiger partial charge in [0.25, 0.3) is 0 Å². The standard InChI is InChI=1S/C15H9F6NO4S/c16-8-7(9(17)14(18)22-13(8)15(19,20)21)11(24)12-10(23)5-3-1-2-4-6(5)27(12,25)26/h1-4,10-12,23-24H. The lowest BCUT2D eigenvalue weighted by molar-refractivity contribution is -0.144. The first-order valence-corrected chi connectivity index (χ1v) is 8.74. The lowest BCUT2D eigenvalue weighted by Gasteiger charge is -2.23. The summed E-state index contributed by atoms with van der Waals surface area (Å²) in [6.07, 6.45) is -10.4. The Morgan fingerprint density at radius 3 is 2.22 bits per heavy atom. The Hall–Kier alpha value is -2.18. The van der Waals surface area contributed by atoms with Gasteiger partial charge in [-0.25, -0.2) is 22.2 Å². The monoisotopic (exact) mass is 413 g/mol. The number of rotatable bonds is 2. The van der Waals surface area contributed by atoms with Gasteiger partial charge >= 0.3 is 6.18 Å². The quantitative estimate of drug-likeness (QED) is 0.584. The lowest BCUT2D eigenvalue weighted by atomic mass is 9.98. The van der Waals surface area contributed by atoms with Gasteiger partial charge in [-0.2, -0.15) is 17.6 Å². The van der Waals surface area contributed by atoms with Crippen molar-refractivity contribution < 1.29 is 45.0 Å². The van der Waals surface area contributed by atoms with Gasteiger partial charge in [0.1, 0.15) is 17.5 Å². The number of hydrogen-bond acceptors (Lipinski definition) is 5. The van der Waals surface area contributed by atoms with E-state index in [9.17, 15) is 45.0 Å². The topological polar surface area (TPSA) is 87.5 Å². The molecule has 2 N–H and O–H groups in total. The number of aliphatic hydroxyl groups is 2. The number of sulfone groups is 1. The van der Waals surface area contributed by atoms with Crippen LogP contribution in [0.5, 0.6) is 0 Å². The summed E-state index contributed by atoms with van der Waals surface area (Å²) in [6.45, 7) is 0. The lowest BCUT2D eigenvalue weighted by Crippen LogP contribution is -2.31. The van der Waals surface area contributed by atoms with Crippen LogP contribution in [0.4, 0.5) is 26.3 Å². The van der Waals surface area contributed by atoms with Crippen molar-refractivity contribution in [2.45, 2.75) is 28.5 Å². The number of aliphatic hydroxyl groups excluding tert-OH is 2. The Morgan fingerprint density at radius 2 is 1.67 bits per heavy atom. The van der Waals surface area contributed by atoms with Crippen molar-refractivity contribution in [3.05, 3.63) is 58.7 Å². The summed E-state index contributed by atoms with van der Waals surface area (Å²) in [5.74, 6) is -7.13. The summed E-state index contributed by atoms with van der Waals surface area (Å²) in [5, 5.41) is 18.0. The molecule has 0 bridgehead atoms. The maximum Gasteiger partial charge on any atom is 0.436 e. The first kappa shape index (κ1) is 19.6. The van der Waals surface area contributed by atoms with Crippen molar-refractivity contribution in [1.29, 1.82) is 0 Å². The van der Waals surface area contributed by atoms with Crippen LogP contribution < -0.4 is 0 Å². The maximum absolute atomic E-state index is 14.2. The molecule has 0 spiro atoms. The average Bonchev–Trinajstić information content (AvgIpc) is 2.77. The molecule has 3 atom stereocenters. The van der Waals surface area contributed by atoms with Gasteiger partial charge in [-0.15, -0.1) is 0 Å². The molecule has 0 fully saturated rings. The molecule has 2 aromatic rings. The van der Waals surface area contributed by atoms with Crippen LogP contribution in [0.1, 0.15) is 29.0 Å². The molecule has 0 aliphatic carbocycles. The first-order chi connectivity index (χ1) is 12.4. The van der Waals surface area contributed by atoms with Crippen LogP contribution in [0, 0.1) is 17.6 Å². The molecule has 5 nitrogen and oxygen atoms in total. The zero-order valence-electron chi connectivity index (χ0n) is 12.9. The molecule has 1 aromatic heterocycles. The number of aromatic nitrogens is 1. The summed E-state index contributed by atoms with van der Waals surface area (Å²) in [4.78, 5) is 1.68. The van der Waals surface area contributed by atoms with Crippen molar-refractivity contribution in [2.75, 3.05) is 0 Å². The second-order valence-electron chi connectivity index (χ2n) is 5.73. The van der Waals surface area contributed by atoms with E-state index in [-0.39, 0.29) is 5.56 Å². The highest BCUT2D eigenvalue weighted by molar-refractivity contribution is 7.92. The molecule has 146 valence electrons. The van der Waals surface area contributed by atoms with E-state index >= 15 is 0 Å². The van der Waals surface area contributed by atoms with Gasteiger partial charge < -0.3 is 10.2 Å². The Morgan fingerprint density at radius 1 is 1.07 bits per heavy atom. The van der Waals surface area contributed by atoms with Gasteiger partial charge in [0, 0.05) is 5.56 Å². The van der Waals surface area contributed by atoms with Gasteiger partial charge in [0.15, 0.2) is 27.2 Å². The summed E-state index contributed by atoms with van der Waals surface area (Å²) < 4.78 is 105. The Kier molecular flexibility index (Phi) is 4.48. The van der Waals surface area contributed by atoms with Gasteiger partial charge in [0.2, 0.25) is 5.95 Å². The minimum Gasteiger partial charge on any atom is -0.387 e. The van der Waals surface area contributed by atoms with E-state index in [1.807, 2.05) is 0 Å². The van der Waals surface area contributed by atoms with Crippen molar-refractivity contribution in [3.8, 4) is 0 Å². The number of halogens is 6. The maximum atomic E-state index is 14.2. The smallest absolute Gasteiger partial charge is 0.387 e. The highest BCUT2D eigenvalue weighted by Gasteiger charge is 2.51. The van der Waals surface area contributed by atoms with E-state index in [4.69, 9.17) is 0 Å². The number of pyridine rings is 1. The highest BCUT2D eigenvalue weighted by atomic mass is 32.2. The summed E-state index contributed by atoms with van der Waals surface area (Å²) >= 11 is 0. The summed E-state index contributed by atoms with van der Waals surface area (Å²) in [5.41, 5.74) is -4.55. The van der Waals surface area contributed by atoms with Crippen LogP contribution in [-0.2, 0) is 16.0 Å².